The van der Waals surface area contributed by atoms with Crippen LogP contribution in [0.3, 0.4) is 0 Å². The molecule has 0 aromatic heterocycles. The Labute approximate surface area is 105 Å². The van der Waals surface area contributed by atoms with Crippen LogP contribution in [-0.2, 0) is 4.79 Å². The Bertz CT molecular complexity index is 245. The van der Waals surface area contributed by atoms with Gasteiger partial charge in [-0.3, -0.25) is 4.79 Å². The Morgan fingerprint density at radius 1 is 1.35 bits per heavy atom. The zero-order valence-corrected chi connectivity index (χ0v) is 11.2. The summed E-state index contributed by atoms with van der Waals surface area (Å²) in [4.78, 5) is 10.6. The third-order valence-electron chi connectivity index (χ3n) is 3.82. The van der Waals surface area contributed by atoms with Gasteiger partial charge < -0.3 is 10.8 Å². The molecule has 3 heteroatoms. The van der Waals surface area contributed by atoms with Crippen molar-refractivity contribution in [2.75, 3.05) is 0 Å². The molecule has 0 aromatic rings. The number of carbonyl (C=O) groups is 1. The molecule has 1 rings (SSSR count). The fourth-order valence-electron chi connectivity index (χ4n) is 3.26. The molecule has 0 radical (unpaired) electrons. The van der Waals surface area contributed by atoms with Crippen molar-refractivity contribution in [1.29, 1.82) is 0 Å². The molecule has 1 aliphatic rings. The van der Waals surface area contributed by atoms with E-state index in [1.54, 1.807) is 0 Å². The van der Waals surface area contributed by atoms with E-state index in [2.05, 4.69) is 13.8 Å². The predicted octanol–water partition coefficient (Wildman–Crippen LogP) is 3.18. The molecule has 1 saturated carbocycles. The first kappa shape index (κ1) is 14.5. The van der Waals surface area contributed by atoms with Gasteiger partial charge in [0, 0.05) is 6.04 Å². The second kappa shape index (κ2) is 6.39. The molecule has 0 unspecified atom stereocenters. The summed E-state index contributed by atoms with van der Waals surface area (Å²) >= 11 is 0. The summed E-state index contributed by atoms with van der Waals surface area (Å²) in [6.45, 7) is 4.45. The van der Waals surface area contributed by atoms with Gasteiger partial charge in [0.15, 0.2) is 0 Å². The fraction of sp³-hybridized carbons (Fsp3) is 0.929. The van der Waals surface area contributed by atoms with Gasteiger partial charge >= 0.3 is 5.97 Å². The number of carboxylic acids is 1. The third kappa shape index (κ3) is 6.06. The molecule has 100 valence electrons. The summed E-state index contributed by atoms with van der Waals surface area (Å²) in [5.74, 6) is 0.0433. The van der Waals surface area contributed by atoms with Gasteiger partial charge in [0.25, 0.3) is 0 Å². The van der Waals surface area contributed by atoms with Crippen LogP contribution in [0.4, 0.5) is 0 Å². The van der Waals surface area contributed by atoms with Crippen molar-refractivity contribution in [3.05, 3.63) is 0 Å². The molecule has 0 heterocycles. The molecule has 0 saturated heterocycles. The summed E-state index contributed by atoms with van der Waals surface area (Å²) < 4.78 is 0. The number of aliphatic carboxylic acids is 1. The monoisotopic (exact) mass is 241 g/mol. The second-order valence-corrected chi connectivity index (χ2v) is 6.43. The van der Waals surface area contributed by atoms with E-state index in [0.29, 0.717) is 0 Å². The van der Waals surface area contributed by atoms with Gasteiger partial charge in [-0.2, -0.15) is 0 Å². The summed E-state index contributed by atoms with van der Waals surface area (Å²) in [5.41, 5.74) is 6.06. The molecule has 3 N–H and O–H groups in total. The van der Waals surface area contributed by atoms with E-state index in [1.807, 2.05) is 0 Å². The van der Waals surface area contributed by atoms with Crippen LogP contribution in [0.25, 0.3) is 0 Å². The van der Waals surface area contributed by atoms with Crippen LogP contribution >= 0.6 is 0 Å². The Kier molecular flexibility index (Phi) is 5.44. The van der Waals surface area contributed by atoms with Gasteiger partial charge in [0.05, 0.1) is 6.42 Å². The molecular formula is C14H27NO2. The average Bonchev–Trinajstić information content (AvgIpc) is 2.15. The molecule has 0 bridgehead atoms. The lowest BCUT2D eigenvalue weighted by molar-refractivity contribution is -0.137. The largest absolute Gasteiger partial charge is 0.481 e. The van der Waals surface area contributed by atoms with Gasteiger partial charge in [-0.05, 0) is 24.2 Å². The molecule has 17 heavy (non-hydrogen) atoms. The second-order valence-electron chi connectivity index (χ2n) is 6.43. The molecule has 1 fully saturated rings. The Hall–Kier alpha value is -0.570. The Morgan fingerprint density at radius 2 is 1.94 bits per heavy atom. The van der Waals surface area contributed by atoms with Gasteiger partial charge in [-0.1, -0.05) is 46.0 Å². The van der Waals surface area contributed by atoms with E-state index in [9.17, 15) is 4.79 Å². The van der Waals surface area contributed by atoms with Crippen LogP contribution < -0.4 is 5.73 Å². The maximum absolute atomic E-state index is 10.6. The van der Waals surface area contributed by atoms with E-state index < -0.39 is 5.97 Å². The van der Waals surface area contributed by atoms with Crippen molar-refractivity contribution in [3.8, 4) is 0 Å². The molecule has 1 atom stereocenters. The fourth-order valence-corrected chi connectivity index (χ4v) is 3.26. The topological polar surface area (TPSA) is 63.3 Å². The summed E-state index contributed by atoms with van der Waals surface area (Å²) in [5, 5.41) is 8.72. The van der Waals surface area contributed by atoms with E-state index in [4.69, 9.17) is 10.8 Å². The van der Waals surface area contributed by atoms with Crippen molar-refractivity contribution < 1.29 is 9.90 Å². The molecule has 0 spiro atoms. The quantitative estimate of drug-likeness (QED) is 0.750. The third-order valence-corrected chi connectivity index (χ3v) is 3.82. The lowest BCUT2D eigenvalue weighted by atomic mass is 9.73. The molecular weight excluding hydrogens is 214 g/mol. The maximum Gasteiger partial charge on any atom is 0.304 e. The van der Waals surface area contributed by atoms with Crippen LogP contribution in [0, 0.1) is 11.3 Å². The van der Waals surface area contributed by atoms with E-state index in [1.165, 1.54) is 38.5 Å². The number of carboxylic acid groups (broad SMARTS) is 1. The standard InChI is InChI=1S/C14H27NO2/c1-14(2,10-12(15)8-13(16)17)9-11-6-4-3-5-7-11/h11-12H,3-10,15H2,1-2H3,(H,16,17)/t12-/m1/s1. The van der Waals surface area contributed by atoms with Crippen molar-refractivity contribution in [3.63, 3.8) is 0 Å². The zero-order valence-electron chi connectivity index (χ0n) is 11.2. The highest BCUT2D eigenvalue weighted by Crippen LogP contribution is 2.37. The summed E-state index contributed by atoms with van der Waals surface area (Å²) in [6, 6.07) is -0.203. The van der Waals surface area contributed by atoms with Gasteiger partial charge in [0.2, 0.25) is 0 Å². The highest BCUT2D eigenvalue weighted by molar-refractivity contribution is 5.67. The number of hydrogen-bond acceptors (Lipinski definition) is 2. The first-order valence-corrected chi connectivity index (χ1v) is 6.86. The lowest BCUT2D eigenvalue weighted by Gasteiger charge is -2.33. The molecule has 0 aliphatic heterocycles. The maximum atomic E-state index is 10.6. The zero-order chi connectivity index (χ0) is 12.9. The van der Waals surface area contributed by atoms with E-state index in [-0.39, 0.29) is 17.9 Å². The molecule has 0 amide bonds. The predicted molar refractivity (Wildman–Crippen MR) is 69.8 cm³/mol. The van der Waals surface area contributed by atoms with Crippen molar-refractivity contribution in [2.24, 2.45) is 17.1 Å². The van der Waals surface area contributed by atoms with Gasteiger partial charge in [-0.15, -0.1) is 0 Å². The highest BCUT2D eigenvalue weighted by atomic mass is 16.4. The van der Waals surface area contributed by atoms with Crippen molar-refractivity contribution in [2.45, 2.75) is 71.3 Å². The molecule has 1 aliphatic carbocycles. The minimum atomic E-state index is -0.786. The minimum Gasteiger partial charge on any atom is -0.481 e. The Morgan fingerprint density at radius 3 is 2.47 bits per heavy atom. The van der Waals surface area contributed by atoms with Crippen LogP contribution in [0.15, 0.2) is 0 Å². The van der Waals surface area contributed by atoms with Crippen LogP contribution in [-0.4, -0.2) is 17.1 Å². The normalized spacial score (nSPS) is 20.2. The van der Waals surface area contributed by atoms with Gasteiger partial charge in [0.1, 0.15) is 0 Å². The van der Waals surface area contributed by atoms with Crippen LogP contribution in [0.5, 0.6) is 0 Å². The molecule has 3 nitrogen and oxygen atoms in total. The highest BCUT2D eigenvalue weighted by Gasteiger charge is 2.27. The lowest BCUT2D eigenvalue weighted by Crippen LogP contribution is -2.31. The number of hydrogen-bond donors (Lipinski definition) is 2. The van der Waals surface area contributed by atoms with Crippen LogP contribution in [0.1, 0.15) is 65.2 Å². The van der Waals surface area contributed by atoms with Crippen molar-refractivity contribution in [1.82, 2.24) is 0 Å². The van der Waals surface area contributed by atoms with E-state index >= 15 is 0 Å². The van der Waals surface area contributed by atoms with Crippen LogP contribution in [0.2, 0.25) is 0 Å². The van der Waals surface area contributed by atoms with E-state index in [0.717, 1.165) is 12.3 Å². The van der Waals surface area contributed by atoms with Gasteiger partial charge in [-0.25, -0.2) is 0 Å². The molecule has 0 aromatic carbocycles. The first-order valence-electron chi connectivity index (χ1n) is 6.86. The van der Waals surface area contributed by atoms with Crippen molar-refractivity contribution >= 4 is 5.97 Å². The smallest absolute Gasteiger partial charge is 0.304 e. The summed E-state index contributed by atoms with van der Waals surface area (Å²) in [7, 11) is 0. The SMILES string of the molecule is CC(C)(CC1CCCCC1)C[C@H](N)CC(=O)O. The number of rotatable bonds is 6. The Balaban J connectivity index is 2.35. The average molecular weight is 241 g/mol. The minimum absolute atomic E-state index is 0.0914. The first-order chi connectivity index (χ1) is 7.89. The number of nitrogens with two attached hydrogens (primary N) is 1. The summed E-state index contributed by atoms with van der Waals surface area (Å²) in [6.07, 6.45) is 8.90.